The molecule has 28 heavy (non-hydrogen) atoms. The third-order valence-corrected chi connectivity index (χ3v) is 6.03. The van der Waals surface area contributed by atoms with Gasteiger partial charge in [-0.1, -0.05) is 29.8 Å². The zero-order chi connectivity index (χ0) is 19.5. The lowest BCUT2D eigenvalue weighted by Crippen LogP contribution is -2.51. The number of carbonyl (C=O) groups is 1. The van der Waals surface area contributed by atoms with Gasteiger partial charge >= 0.3 is 0 Å². The number of piperidine rings is 1. The molecule has 0 aliphatic carbocycles. The van der Waals surface area contributed by atoms with Gasteiger partial charge in [0.25, 0.3) is 0 Å². The molecule has 148 valence electrons. The highest BCUT2D eigenvalue weighted by molar-refractivity contribution is 5.79. The van der Waals surface area contributed by atoms with E-state index in [-0.39, 0.29) is 17.6 Å². The first kappa shape index (κ1) is 18.8. The van der Waals surface area contributed by atoms with Crippen LogP contribution >= 0.6 is 0 Å². The average Bonchev–Trinajstić information content (AvgIpc) is 2.74. The number of benzene rings is 2. The first-order chi connectivity index (χ1) is 13.6. The van der Waals surface area contributed by atoms with Crippen molar-refractivity contribution < 1.29 is 9.18 Å². The van der Waals surface area contributed by atoms with E-state index in [4.69, 9.17) is 0 Å². The minimum Gasteiger partial charge on any atom is -0.371 e. The van der Waals surface area contributed by atoms with E-state index in [2.05, 4.69) is 36.1 Å². The van der Waals surface area contributed by atoms with Crippen LogP contribution in [0.15, 0.2) is 48.5 Å². The smallest absolute Gasteiger partial charge is 0.225 e. The monoisotopic (exact) mass is 381 g/mol. The molecule has 2 aromatic rings. The largest absolute Gasteiger partial charge is 0.371 e. The fraction of sp³-hybridized carbons (Fsp3) is 0.435. The number of hydrogen-bond acceptors (Lipinski definition) is 3. The minimum atomic E-state index is -0.189. The summed E-state index contributed by atoms with van der Waals surface area (Å²) in [5.41, 5.74) is 3.15. The van der Waals surface area contributed by atoms with Crippen LogP contribution in [0.1, 0.15) is 18.4 Å². The summed E-state index contributed by atoms with van der Waals surface area (Å²) in [6.07, 6.45) is 1.81. The number of aryl methyl sites for hydroxylation is 1. The molecule has 0 aromatic heterocycles. The Morgan fingerprint density at radius 3 is 2.14 bits per heavy atom. The second kappa shape index (κ2) is 8.21. The van der Waals surface area contributed by atoms with Crippen molar-refractivity contribution in [3.63, 3.8) is 0 Å². The summed E-state index contributed by atoms with van der Waals surface area (Å²) >= 11 is 0. The van der Waals surface area contributed by atoms with E-state index in [9.17, 15) is 9.18 Å². The number of amides is 1. The number of para-hydroxylation sites is 1. The highest BCUT2D eigenvalue weighted by atomic mass is 19.1. The van der Waals surface area contributed by atoms with Gasteiger partial charge in [-0.05, 0) is 44.0 Å². The molecule has 0 saturated carbocycles. The van der Waals surface area contributed by atoms with Crippen molar-refractivity contribution in [1.82, 2.24) is 4.90 Å². The second-order valence-electron chi connectivity index (χ2n) is 7.86. The fourth-order valence-corrected chi connectivity index (χ4v) is 4.27. The van der Waals surface area contributed by atoms with Crippen LogP contribution in [0, 0.1) is 18.7 Å². The number of nitrogens with zero attached hydrogens (tertiary/aromatic N) is 3. The Morgan fingerprint density at radius 1 is 0.857 bits per heavy atom. The predicted molar refractivity (Wildman–Crippen MR) is 111 cm³/mol. The summed E-state index contributed by atoms with van der Waals surface area (Å²) < 4.78 is 14.0. The lowest BCUT2D eigenvalue weighted by atomic mass is 9.94. The average molecular weight is 381 g/mol. The van der Waals surface area contributed by atoms with Crippen molar-refractivity contribution in [2.24, 2.45) is 5.92 Å². The Balaban J connectivity index is 1.29. The molecule has 0 radical (unpaired) electrons. The Hall–Kier alpha value is -2.56. The maximum absolute atomic E-state index is 14.0. The fourth-order valence-electron chi connectivity index (χ4n) is 4.27. The summed E-state index contributed by atoms with van der Waals surface area (Å²) in [4.78, 5) is 19.4. The van der Waals surface area contributed by atoms with E-state index < -0.39 is 0 Å². The molecule has 0 atom stereocenters. The van der Waals surface area contributed by atoms with E-state index >= 15 is 0 Å². The standard InChI is InChI=1S/C23H28FN3O/c1-18-6-8-20(9-7-18)25-12-10-19(11-13-25)23(28)27-16-14-26(15-17-27)22-5-3-2-4-21(22)24/h2-9,19H,10-17H2,1H3. The molecule has 2 aliphatic heterocycles. The van der Waals surface area contributed by atoms with Crippen LogP contribution in [0.4, 0.5) is 15.8 Å². The van der Waals surface area contributed by atoms with Crippen molar-refractivity contribution in [2.45, 2.75) is 19.8 Å². The summed E-state index contributed by atoms with van der Waals surface area (Å²) in [7, 11) is 0. The molecule has 2 aliphatic rings. The van der Waals surface area contributed by atoms with Gasteiger partial charge in [0.05, 0.1) is 5.69 Å². The predicted octanol–water partition coefficient (Wildman–Crippen LogP) is 3.70. The van der Waals surface area contributed by atoms with Gasteiger partial charge < -0.3 is 14.7 Å². The Kier molecular flexibility index (Phi) is 5.51. The summed E-state index contributed by atoms with van der Waals surface area (Å²) in [5, 5.41) is 0. The lowest BCUT2D eigenvalue weighted by molar-refractivity contribution is -0.136. The normalized spacial score (nSPS) is 18.4. The molecule has 0 spiro atoms. The summed E-state index contributed by atoms with van der Waals surface area (Å²) in [6.45, 7) is 6.67. The van der Waals surface area contributed by atoms with Crippen molar-refractivity contribution in [2.75, 3.05) is 49.1 Å². The van der Waals surface area contributed by atoms with Crippen molar-refractivity contribution in [3.05, 3.63) is 59.9 Å². The molecule has 2 heterocycles. The Labute approximate surface area is 166 Å². The van der Waals surface area contributed by atoms with Gasteiger partial charge in [0, 0.05) is 50.9 Å². The maximum atomic E-state index is 14.0. The zero-order valence-corrected chi connectivity index (χ0v) is 16.5. The quantitative estimate of drug-likeness (QED) is 0.811. The van der Waals surface area contributed by atoms with Gasteiger partial charge in [-0.3, -0.25) is 4.79 Å². The van der Waals surface area contributed by atoms with Crippen molar-refractivity contribution >= 4 is 17.3 Å². The van der Waals surface area contributed by atoms with Gasteiger partial charge in [-0.15, -0.1) is 0 Å². The molecule has 4 rings (SSSR count). The van der Waals surface area contributed by atoms with Gasteiger partial charge in [0.15, 0.2) is 0 Å². The first-order valence-electron chi connectivity index (χ1n) is 10.2. The lowest BCUT2D eigenvalue weighted by Gasteiger charge is -2.39. The van der Waals surface area contributed by atoms with Gasteiger partial charge in [0.2, 0.25) is 5.91 Å². The van der Waals surface area contributed by atoms with Crippen LogP contribution in [0.2, 0.25) is 0 Å². The third-order valence-electron chi connectivity index (χ3n) is 6.03. The molecule has 0 bridgehead atoms. The van der Waals surface area contributed by atoms with E-state index in [0.29, 0.717) is 31.9 Å². The maximum Gasteiger partial charge on any atom is 0.225 e. The van der Waals surface area contributed by atoms with Crippen LogP contribution in [-0.4, -0.2) is 50.1 Å². The first-order valence-corrected chi connectivity index (χ1v) is 10.2. The van der Waals surface area contributed by atoms with E-state index in [1.54, 1.807) is 6.07 Å². The van der Waals surface area contributed by atoms with Crippen LogP contribution < -0.4 is 9.80 Å². The molecule has 2 fully saturated rings. The molecule has 5 heteroatoms. The summed E-state index contributed by atoms with van der Waals surface area (Å²) in [5.74, 6) is 0.198. The number of anilines is 2. The number of hydrogen-bond donors (Lipinski definition) is 0. The van der Waals surface area contributed by atoms with Gasteiger partial charge in [-0.2, -0.15) is 0 Å². The summed E-state index contributed by atoms with van der Waals surface area (Å²) in [6, 6.07) is 15.5. The molecular formula is C23H28FN3O. The van der Waals surface area contributed by atoms with Crippen LogP contribution in [0.25, 0.3) is 0 Å². The zero-order valence-electron chi connectivity index (χ0n) is 16.5. The second-order valence-corrected chi connectivity index (χ2v) is 7.86. The van der Waals surface area contributed by atoms with E-state index in [1.165, 1.54) is 17.3 Å². The molecule has 0 N–H and O–H groups in total. The number of halogens is 1. The van der Waals surface area contributed by atoms with E-state index in [0.717, 1.165) is 25.9 Å². The molecule has 2 aromatic carbocycles. The van der Waals surface area contributed by atoms with Crippen LogP contribution in [-0.2, 0) is 4.79 Å². The molecule has 0 unspecified atom stereocenters. The Morgan fingerprint density at radius 2 is 1.50 bits per heavy atom. The highest BCUT2D eigenvalue weighted by Gasteiger charge is 2.30. The van der Waals surface area contributed by atoms with Crippen molar-refractivity contribution in [3.8, 4) is 0 Å². The minimum absolute atomic E-state index is 0.113. The Bertz CT molecular complexity index is 807. The number of carbonyl (C=O) groups excluding carboxylic acids is 1. The van der Waals surface area contributed by atoms with Gasteiger partial charge in [-0.25, -0.2) is 4.39 Å². The van der Waals surface area contributed by atoms with Gasteiger partial charge in [0.1, 0.15) is 5.82 Å². The van der Waals surface area contributed by atoms with E-state index in [1.807, 2.05) is 21.9 Å². The molecular weight excluding hydrogens is 353 g/mol. The van der Waals surface area contributed by atoms with Crippen LogP contribution in [0.3, 0.4) is 0 Å². The third kappa shape index (κ3) is 3.98. The number of piperazine rings is 1. The van der Waals surface area contributed by atoms with Crippen LogP contribution in [0.5, 0.6) is 0 Å². The molecule has 2 saturated heterocycles. The highest BCUT2D eigenvalue weighted by Crippen LogP contribution is 2.26. The topological polar surface area (TPSA) is 26.8 Å². The van der Waals surface area contributed by atoms with Crippen molar-refractivity contribution in [1.29, 1.82) is 0 Å². The molecule has 1 amide bonds. The SMILES string of the molecule is Cc1ccc(N2CCC(C(=O)N3CCN(c4ccccc4F)CC3)CC2)cc1. The molecule has 4 nitrogen and oxygen atoms in total. The number of rotatable bonds is 3.